The topological polar surface area (TPSA) is 20.2 Å². The van der Waals surface area contributed by atoms with E-state index in [1.807, 2.05) is 30.4 Å². The molecule has 1 nitrogen and oxygen atoms in total. The first-order valence-corrected chi connectivity index (χ1v) is 8.48. The van der Waals surface area contributed by atoms with E-state index in [4.69, 9.17) is 0 Å². The van der Waals surface area contributed by atoms with Crippen molar-refractivity contribution >= 4 is 0 Å². The molecular formula is C21H30O. The fraction of sp³-hybridized carbons (Fsp3) is 0.429. The van der Waals surface area contributed by atoms with Crippen molar-refractivity contribution < 1.29 is 5.11 Å². The molecule has 0 aliphatic carbocycles. The zero-order valence-corrected chi connectivity index (χ0v) is 13.9. The van der Waals surface area contributed by atoms with Crippen LogP contribution in [0.3, 0.4) is 0 Å². The Hall–Kier alpha value is -1.76. The number of unbranched alkanes of at least 4 members (excludes halogenated alkanes) is 5. The molecule has 0 saturated heterocycles. The van der Waals surface area contributed by atoms with E-state index in [1.165, 1.54) is 32.1 Å². The van der Waals surface area contributed by atoms with E-state index in [9.17, 15) is 5.11 Å². The number of rotatable bonds is 11. The van der Waals surface area contributed by atoms with Crippen molar-refractivity contribution in [2.45, 2.75) is 57.8 Å². The lowest BCUT2D eigenvalue weighted by Crippen LogP contribution is -1.94. The second-order valence-corrected chi connectivity index (χ2v) is 5.85. The third-order valence-corrected chi connectivity index (χ3v) is 3.97. The largest absolute Gasteiger partial charge is 0.508 e. The molecule has 1 heteroatoms. The van der Waals surface area contributed by atoms with Crippen molar-refractivity contribution in [3.63, 3.8) is 0 Å². The maximum Gasteiger partial charge on any atom is 0.119 e. The third-order valence-electron chi connectivity index (χ3n) is 3.97. The van der Waals surface area contributed by atoms with Gasteiger partial charge in [-0.25, -0.2) is 0 Å². The number of allylic oxidation sites excluding steroid dienone is 5. The van der Waals surface area contributed by atoms with Crippen LogP contribution < -0.4 is 0 Å². The van der Waals surface area contributed by atoms with Gasteiger partial charge in [0.2, 0.25) is 0 Å². The van der Waals surface area contributed by atoms with Crippen LogP contribution in [0.25, 0.3) is 0 Å². The van der Waals surface area contributed by atoms with E-state index >= 15 is 0 Å². The number of para-hydroxylation sites is 1. The molecule has 1 rings (SSSR count). The molecule has 22 heavy (non-hydrogen) atoms. The molecule has 1 aromatic rings. The van der Waals surface area contributed by atoms with Crippen molar-refractivity contribution in [3.8, 4) is 5.75 Å². The number of phenolic OH excluding ortho intramolecular Hbond substituents is 1. The Labute approximate surface area is 136 Å². The van der Waals surface area contributed by atoms with E-state index < -0.39 is 0 Å². The summed E-state index contributed by atoms with van der Waals surface area (Å²) in [6.45, 7) is 5.84. The van der Waals surface area contributed by atoms with Crippen LogP contribution in [0.5, 0.6) is 5.75 Å². The second-order valence-electron chi connectivity index (χ2n) is 5.85. The number of aromatic hydroxyl groups is 1. The molecule has 0 fully saturated rings. The average Bonchev–Trinajstić information content (AvgIpc) is 2.53. The van der Waals surface area contributed by atoms with Crippen molar-refractivity contribution in [1.29, 1.82) is 0 Å². The normalized spacial score (nSPS) is 13.0. The van der Waals surface area contributed by atoms with Gasteiger partial charge in [-0.05, 0) is 36.8 Å². The third kappa shape index (κ3) is 7.87. The minimum absolute atomic E-state index is 0.437. The van der Waals surface area contributed by atoms with Crippen LogP contribution in [-0.2, 0) is 0 Å². The quantitative estimate of drug-likeness (QED) is 0.364. The SMILES string of the molecule is C=CC=CC=CCCCCCCCC(C)c1ccccc1O. The monoisotopic (exact) mass is 298 g/mol. The highest BCUT2D eigenvalue weighted by Crippen LogP contribution is 2.29. The molecule has 0 bridgehead atoms. The van der Waals surface area contributed by atoms with Crippen molar-refractivity contribution in [1.82, 2.24) is 0 Å². The van der Waals surface area contributed by atoms with E-state index in [1.54, 1.807) is 12.1 Å². The molecule has 0 spiro atoms. The summed E-state index contributed by atoms with van der Waals surface area (Å²) in [6, 6.07) is 7.70. The molecule has 0 amide bonds. The van der Waals surface area contributed by atoms with Gasteiger partial charge in [0, 0.05) is 0 Å². The summed E-state index contributed by atoms with van der Waals surface area (Å²) >= 11 is 0. The van der Waals surface area contributed by atoms with Crippen LogP contribution in [0.4, 0.5) is 0 Å². The van der Waals surface area contributed by atoms with Crippen LogP contribution in [0, 0.1) is 0 Å². The summed E-state index contributed by atoms with van der Waals surface area (Å²) in [5.41, 5.74) is 1.08. The van der Waals surface area contributed by atoms with Gasteiger partial charge in [0.15, 0.2) is 0 Å². The molecule has 1 unspecified atom stereocenters. The molecule has 0 aliphatic rings. The molecule has 1 aromatic carbocycles. The smallest absolute Gasteiger partial charge is 0.119 e. The van der Waals surface area contributed by atoms with Crippen molar-refractivity contribution in [2.75, 3.05) is 0 Å². The zero-order valence-electron chi connectivity index (χ0n) is 13.9. The molecule has 0 aromatic heterocycles. The summed E-state index contributed by atoms with van der Waals surface area (Å²) < 4.78 is 0. The van der Waals surface area contributed by atoms with E-state index in [2.05, 4.69) is 25.7 Å². The molecule has 1 atom stereocenters. The Bertz CT molecular complexity index is 471. The molecule has 0 heterocycles. The predicted octanol–water partition coefficient (Wildman–Crippen LogP) is 6.52. The number of benzene rings is 1. The van der Waals surface area contributed by atoms with E-state index in [0.29, 0.717) is 11.7 Å². The van der Waals surface area contributed by atoms with Crippen LogP contribution >= 0.6 is 0 Å². The lowest BCUT2D eigenvalue weighted by atomic mass is 9.94. The minimum Gasteiger partial charge on any atom is -0.508 e. The molecule has 0 saturated carbocycles. The number of hydrogen-bond donors (Lipinski definition) is 1. The summed E-state index contributed by atoms with van der Waals surface area (Å²) in [5, 5.41) is 9.84. The molecule has 120 valence electrons. The van der Waals surface area contributed by atoms with Crippen LogP contribution in [0.15, 0.2) is 61.2 Å². The highest BCUT2D eigenvalue weighted by Gasteiger charge is 2.08. The van der Waals surface area contributed by atoms with Gasteiger partial charge in [0.25, 0.3) is 0 Å². The first kappa shape index (κ1) is 18.3. The van der Waals surface area contributed by atoms with Gasteiger partial charge in [-0.3, -0.25) is 0 Å². The van der Waals surface area contributed by atoms with Crippen LogP contribution in [0.1, 0.15) is 63.4 Å². The Morgan fingerprint density at radius 2 is 1.73 bits per heavy atom. The lowest BCUT2D eigenvalue weighted by molar-refractivity contribution is 0.457. The maximum absolute atomic E-state index is 9.84. The molecular weight excluding hydrogens is 268 g/mol. The van der Waals surface area contributed by atoms with Crippen molar-refractivity contribution in [2.24, 2.45) is 0 Å². The standard InChI is InChI=1S/C21H30O/c1-3-4-5-6-7-8-9-10-11-12-13-16-19(2)20-17-14-15-18-21(20)22/h3-7,14-15,17-19,22H,1,8-13,16H2,2H3. The number of phenols is 1. The van der Waals surface area contributed by atoms with Gasteiger partial charge in [-0.15, -0.1) is 0 Å². The van der Waals surface area contributed by atoms with Crippen molar-refractivity contribution in [3.05, 3.63) is 66.8 Å². The highest BCUT2D eigenvalue weighted by molar-refractivity contribution is 5.34. The second kappa shape index (κ2) is 11.9. The molecule has 0 radical (unpaired) electrons. The minimum atomic E-state index is 0.437. The van der Waals surface area contributed by atoms with Gasteiger partial charge in [-0.2, -0.15) is 0 Å². The summed E-state index contributed by atoms with van der Waals surface area (Å²) in [4.78, 5) is 0. The summed E-state index contributed by atoms with van der Waals surface area (Å²) in [5.74, 6) is 0.882. The first-order chi connectivity index (χ1) is 10.8. The average molecular weight is 298 g/mol. The molecule has 0 aliphatic heterocycles. The van der Waals surface area contributed by atoms with Gasteiger partial charge < -0.3 is 5.11 Å². The first-order valence-electron chi connectivity index (χ1n) is 8.48. The fourth-order valence-electron chi connectivity index (χ4n) is 2.62. The summed E-state index contributed by atoms with van der Waals surface area (Å²) in [7, 11) is 0. The van der Waals surface area contributed by atoms with Gasteiger partial charge in [-0.1, -0.05) is 87.8 Å². The maximum atomic E-state index is 9.84. The Morgan fingerprint density at radius 1 is 1.00 bits per heavy atom. The van der Waals surface area contributed by atoms with E-state index in [-0.39, 0.29) is 0 Å². The predicted molar refractivity (Wildman–Crippen MR) is 97.3 cm³/mol. The van der Waals surface area contributed by atoms with Gasteiger partial charge in [0.05, 0.1) is 0 Å². The Balaban J connectivity index is 2.04. The van der Waals surface area contributed by atoms with Gasteiger partial charge >= 0.3 is 0 Å². The van der Waals surface area contributed by atoms with Gasteiger partial charge in [0.1, 0.15) is 5.75 Å². The number of hydrogen-bond acceptors (Lipinski definition) is 1. The van der Waals surface area contributed by atoms with Crippen LogP contribution in [0.2, 0.25) is 0 Å². The fourth-order valence-corrected chi connectivity index (χ4v) is 2.62. The summed E-state index contributed by atoms with van der Waals surface area (Å²) in [6.07, 6.45) is 18.8. The Morgan fingerprint density at radius 3 is 2.50 bits per heavy atom. The Kier molecular flexibility index (Phi) is 9.85. The van der Waals surface area contributed by atoms with E-state index in [0.717, 1.165) is 18.4 Å². The zero-order chi connectivity index (χ0) is 16.0. The lowest BCUT2D eigenvalue weighted by Gasteiger charge is -2.13. The van der Waals surface area contributed by atoms with Crippen LogP contribution in [-0.4, -0.2) is 5.11 Å². The highest BCUT2D eigenvalue weighted by atomic mass is 16.3. The molecule has 1 N–H and O–H groups in total.